The van der Waals surface area contributed by atoms with E-state index in [1.165, 1.54) is 36.9 Å². The zero-order valence-corrected chi connectivity index (χ0v) is 10.2. The Kier molecular flexibility index (Phi) is 2.97. The van der Waals surface area contributed by atoms with Gasteiger partial charge in [-0.1, -0.05) is 6.42 Å². The smallest absolute Gasteiger partial charge is 0.133 e. The molecule has 1 aromatic heterocycles. The standard InChI is InChI=1S/C13H20N4/c14-7-9-3-1-5-11(9)17-13-10-4-2-6-12(10)15-8-16-13/h8-9,11H,1-7,14H2,(H,15,16,17). The highest BCUT2D eigenvalue weighted by Gasteiger charge is 2.27. The highest BCUT2D eigenvalue weighted by atomic mass is 15.1. The molecule has 0 saturated heterocycles. The Hall–Kier alpha value is -1.16. The summed E-state index contributed by atoms with van der Waals surface area (Å²) in [5.41, 5.74) is 8.40. The average Bonchev–Trinajstić information content (AvgIpc) is 2.97. The minimum absolute atomic E-state index is 0.514. The van der Waals surface area contributed by atoms with Crippen LogP contribution in [0.2, 0.25) is 0 Å². The molecule has 92 valence electrons. The summed E-state index contributed by atoms with van der Waals surface area (Å²) in [6.45, 7) is 0.783. The molecule has 1 saturated carbocycles. The van der Waals surface area contributed by atoms with Gasteiger partial charge in [0.25, 0.3) is 0 Å². The molecule has 3 N–H and O–H groups in total. The molecule has 3 rings (SSSR count). The van der Waals surface area contributed by atoms with E-state index in [0.717, 1.165) is 25.2 Å². The Morgan fingerprint density at radius 3 is 3.06 bits per heavy atom. The van der Waals surface area contributed by atoms with Gasteiger partial charge in [0, 0.05) is 17.3 Å². The van der Waals surface area contributed by atoms with Crippen LogP contribution in [0.25, 0.3) is 0 Å². The van der Waals surface area contributed by atoms with Crippen LogP contribution in [0, 0.1) is 5.92 Å². The van der Waals surface area contributed by atoms with Crippen LogP contribution in [-0.4, -0.2) is 22.6 Å². The molecule has 0 amide bonds. The van der Waals surface area contributed by atoms with Gasteiger partial charge in [0.15, 0.2) is 0 Å². The fourth-order valence-electron chi connectivity index (χ4n) is 3.17. The number of hydrogen-bond donors (Lipinski definition) is 2. The van der Waals surface area contributed by atoms with E-state index in [0.29, 0.717) is 12.0 Å². The normalized spacial score (nSPS) is 27.1. The van der Waals surface area contributed by atoms with Crippen LogP contribution < -0.4 is 11.1 Å². The molecule has 17 heavy (non-hydrogen) atoms. The molecule has 0 bridgehead atoms. The minimum Gasteiger partial charge on any atom is -0.367 e. The summed E-state index contributed by atoms with van der Waals surface area (Å²) in [5, 5.41) is 3.61. The fraction of sp³-hybridized carbons (Fsp3) is 0.692. The van der Waals surface area contributed by atoms with Crippen molar-refractivity contribution in [3.8, 4) is 0 Å². The molecule has 0 spiro atoms. The number of hydrogen-bond acceptors (Lipinski definition) is 4. The van der Waals surface area contributed by atoms with E-state index < -0.39 is 0 Å². The molecule has 2 aliphatic rings. The van der Waals surface area contributed by atoms with Gasteiger partial charge >= 0.3 is 0 Å². The molecule has 0 radical (unpaired) electrons. The van der Waals surface area contributed by atoms with Gasteiger partial charge in [0.2, 0.25) is 0 Å². The number of nitrogens with two attached hydrogens (primary N) is 1. The van der Waals surface area contributed by atoms with Crippen molar-refractivity contribution in [2.45, 2.75) is 44.6 Å². The molecule has 2 atom stereocenters. The Labute approximate surface area is 102 Å². The van der Waals surface area contributed by atoms with Gasteiger partial charge in [-0.3, -0.25) is 0 Å². The van der Waals surface area contributed by atoms with E-state index in [1.54, 1.807) is 6.33 Å². The number of fused-ring (bicyclic) bond motifs is 1. The summed E-state index contributed by atoms with van der Waals surface area (Å²) in [4.78, 5) is 8.78. The lowest BCUT2D eigenvalue weighted by molar-refractivity contribution is 0.515. The van der Waals surface area contributed by atoms with Crippen molar-refractivity contribution in [2.75, 3.05) is 11.9 Å². The summed E-state index contributed by atoms with van der Waals surface area (Å²) in [6.07, 6.45) is 8.90. The Balaban J connectivity index is 1.79. The third kappa shape index (κ3) is 2.02. The van der Waals surface area contributed by atoms with Crippen molar-refractivity contribution >= 4 is 5.82 Å². The fourth-order valence-corrected chi connectivity index (χ4v) is 3.17. The largest absolute Gasteiger partial charge is 0.367 e. The Bertz CT molecular complexity index is 404. The maximum absolute atomic E-state index is 5.82. The van der Waals surface area contributed by atoms with Gasteiger partial charge in [-0.15, -0.1) is 0 Å². The summed E-state index contributed by atoms with van der Waals surface area (Å²) in [7, 11) is 0. The van der Waals surface area contributed by atoms with E-state index in [2.05, 4.69) is 15.3 Å². The van der Waals surface area contributed by atoms with Gasteiger partial charge in [-0.25, -0.2) is 9.97 Å². The number of nitrogens with zero attached hydrogens (tertiary/aromatic N) is 2. The summed E-state index contributed by atoms with van der Waals surface area (Å²) in [5.74, 6) is 1.68. The maximum atomic E-state index is 5.82. The van der Waals surface area contributed by atoms with Gasteiger partial charge in [0.1, 0.15) is 12.1 Å². The highest BCUT2D eigenvalue weighted by Crippen LogP contribution is 2.30. The maximum Gasteiger partial charge on any atom is 0.133 e. The van der Waals surface area contributed by atoms with Gasteiger partial charge in [-0.2, -0.15) is 0 Å². The number of aryl methyl sites for hydroxylation is 1. The number of nitrogens with one attached hydrogen (secondary N) is 1. The topological polar surface area (TPSA) is 63.8 Å². The van der Waals surface area contributed by atoms with Crippen molar-refractivity contribution in [1.82, 2.24) is 9.97 Å². The minimum atomic E-state index is 0.514. The summed E-state index contributed by atoms with van der Waals surface area (Å²) >= 11 is 0. The lowest BCUT2D eigenvalue weighted by atomic mass is 10.0. The third-order valence-corrected chi connectivity index (χ3v) is 4.16. The van der Waals surface area contributed by atoms with Crippen LogP contribution in [0.4, 0.5) is 5.82 Å². The molecule has 1 aromatic rings. The van der Waals surface area contributed by atoms with Crippen molar-refractivity contribution in [3.63, 3.8) is 0 Å². The second-order valence-electron chi connectivity index (χ2n) is 5.18. The summed E-state index contributed by atoms with van der Waals surface area (Å²) in [6, 6.07) is 0.514. The first-order valence-corrected chi connectivity index (χ1v) is 6.68. The molecule has 0 aromatic carbocycles. The predicted molar refractivity (Wildman–Crippen MR) is 67.9 cm³/mol. The molecule has 2 unspecified atom stereocenters. The lowest BCUT2D eigenvalue weighted by Crippen LogP contribution is -2.30. The zero-order valence-electron chi connectivity index (χ0n) is 10.2. The van der Waals surface area contributed by atoms with Crippen LogP contribution in [0.15, 0.2) is 6.33 Å². The monoisotopic (exact) mass is 232 g/mol. The molecule has 2 aliphatic carbocycles. The van der Waals surface area contributed by atoms with Gasteiger partial charge in [-0.05, 0) is 44.6 Å². The van der Waals surface area contributed by atoms with Crippen LogP contribution in [0.5, 0.6) is 0 Å². The first-order valence-electron chi connectivity index (χ1n) is 6.68. The SMILES string of the molecule is NCC1CCCC1Nc1ncnc2c1CCC2. The van der Waals surface area contributed by atoms with E-state index >= 15 is 0 Å². The number of anilines is 1. The number of aromatic nitrogens is 2. The first-order chi connectivity index (χ1) is 8.38. The van der Waals surface area contributed by atoms with E-state index in [1.807, 2.05) is 0 Å². The van der Waals surface area contributed by atoms with E-state index in [9.17, 15) is 0 Å². The average molecular weight is 232 g/mol. The molecular formula is C13H20N4. The highest BCUT2D eigenvalue weighted by molar-refractivity contribution is 5.48. The molecule has 1 fully saturated rings. The first kappa shape index (κ1) is 11.0. The summed E-state index contributed by atoms with van der Waals surface area (Å²) < 4.78 is 0. The van der Waals surface area contributed by atoms with E-state index in [-0.39, 0.29) is 0 Å². The van der Waals surface area contributed by atoms with E-state index in [4.69, 9.17) is 5.73 Å². The van der Waals surface area contributed by atoms with Crippen LogP contribution in [-0.2, 0) is 12.8 Å². The van der Waals surface area contributed by atoms with Crippen molar-refractivity contribution in [1.29, 1.82) is 0 Å². The van der Waals surface area contributed by atoms with Crippen LogP contribution in [0.1, 0.15) is 36.9 Å². The lowest BCUT2D eigenvalue weighted by Gasteiger charge is -2.21. The second kappa shape index (κ2) is 4.61. The van der Waals surface area contributed by atoms with Crippen molar-refractivity contribution in [3.05, 3.63) is 17.6 Å². The third-order valence-electron chi connectivity index (χ3n) is 4.16. The second-order valence-corrected chi connectivity index (χ2v) is 5.18. The molecule has 1 heterocycles. The van der Waals surface area contributed by atoms with Gasteiger partial charge in [0.05, 0.1) is 0 Å². The Morgan fingerprint density at radius 2 is 2.18 bits per heavy atom. The van der Waals surface area contributed by atoms with Crippen molar-refractivity contribution < 1.29 is 0 Å². The molecule has 0 aliphatic heterocycles. The molecule has 4 heteroatoms. The Morgan fingerprint density at radius 1 is 1.24 bits per heavy atom. The van der Waals surface area contributed by atoms with Gasteiger partial charge < -0.3 is 11.1 Å². The quantitative estimate of drug-likeness (QED) is 0.829. The van der Waals surface area contributed by atoms with Crippen molar-refractivity contribution in [2.24, 2.45) is 11.7 Å². The molecule has 4 nitrogen and oxygen atoms in total. The number of rotatable bonds is 3. The van der Waals surface area contributed by atoms with Crippen LogP contribution >= 0.6 is 0 Å². The predicted octanol–water partition coefficient (Wildman–Crippen LogP) is 1.50. The molecular weight excluding hydrogens is 212 g/mol. The van der Waals surface area contributed by atoms with Crippen LogP contribution in [0.3, 0.4) is 0 Å². The zero-order chi connectivity index (χ0) is 11.7.